The number of aromatic nitrogens is 4. The normalized spacial score (nSPS) is 18.3. The summed E-state index contributed by atoms with van der Waals surface area (Å²) in [5, 5.41) is 11.8. The monoisotopic (exact) mass is 472 g/mol. The molecule has 0 spiro atoms. The van der Waals surface area contributed by atoms with Crippen molar-refractivity contribution in [2.75, 3.05) is 6.61 Å². The van der Waals surface area contributed by atoms with Crippen molar-refractivity contribution in [2.45, 2.75) is 55.7 Å². The molecule has 0 amide bonds. The van der Waals surface area contributed by atoms with Crippen LogP contribution in [0.15, 0.2) is 31.9 Å². The zero-order chi connectivity index (χ0) is 20.8. The SMILES string of the molecule is O=c1c2c3c(sc2nc(SCc2nnc(-c4cccs4)o2)n1C[C@H]1CCCO1)CCC3. The lowest BCUT2D eigenvalue weighted by Crippen LogP contribution is -2.28. The molecule has 0 bridgehead atoms. The van der Waals surface area contributed by atoms with Gasteiger partial charge in [0, 0.05) is 11.5 Å². The predicted molar refractivity (Wildman–Crippen MR) is 122 cm³/mol. The molecule has 4 aromatic heterocycles. The second kappa shape index (κ2) is 8.16. The minimum Gasteiger partial charge on any atom is -0.419 e. The second-order valence-electron chi connectivity index (χ2n) is 7.75. The van der Waals surface area contributed by atoms with Crippen LogP contribution in [-0.2, 0) is 29.9 Å². The largest absolute Gasteiger partial charge is 0.419 e. The van der Waals surface area contributed by atoms with Gasteiger partial charge >= 0.3 is 0 Å². The van der Waals surface area contributed by atoms with Crippen LogP contribution in [0.5, 0.6) is 0 Å². The molecule has 1 aliphatic carbocycles. The number of fused-ring (bicyclic) bond motifs is 3. The Morgan fingerprint density at radius 2 is 2.23 bits per heavy atom. The highest BCUT2D eigenvalue weighted by Gasteiger charge is 2.26. The van der Waals surface area contributed by atoms with Gasteiger partial charge in [-0.3, -0.25) is 9.36 Å². The first-order valence-corrected chi connectivity index (χ1v) is 13.1. The van der Waals surface area contributed by atoms with Crippen LogP contribution in [0.2, 0.25) is 0 Å². The Morgan fingerprint density at radius 3 is 3.06 bits per heavy atom. The first-order chi connectivity index (χ1) is 15.3. The smallest absolute Gasteiger partial charge is 0.263 e. The van der Waals surface area contributed by atoms with Crippen molar-refractivity contribution < 1.29 is 9.15 Å². The summed E-state index contributed by atoms with van der Waals surface area (Å²) < 4.78 is 13.5. The Balaban J connectivity index is 1.33. The summed E-state index contributed by atoms with van der Waals surface area (Å²) in [5.41, 5.74) is 1.28. The van der Waals surface area contributed by atoms with Gasteiger partial charge in [0.05, 0.1) is 28.7 Å². The molecule has 10 heteroatoms. The highest BCUT2D eigenvalue weighted by atomic mass is 32.2. The highest BCUT2D eigenvalue weighted by Crippen LogP contribution is 2.36. The zero-order valence-corrected chi connectivity index (χ0v) is 19.2. The number of aryl methyl sites for hydroxylation is 2. The van der Waals surface area contributed by atoms with Gasteiger partial charge in [-0.15, -0.1) is 32.9 Å². The van der Waals surface area contributed by atoms with Crippen LogP contribution in [0.25, 0.3) is 21.0 Å². The van der Waals surface area contributed by atoms with E-state index in [0.29, 0.717) is 29.2 Å². The van der Waals surface area contributed by atoms with Crippen molar-refractivity contribution in [1.29, 1.82) is 0 Å². The van der Waals surface area contributed by atoms with Crippen molar-refractivity contribution in [1.82, 2.24) is 19.7 Å². The van der Waals surface area contributed by atoms with Crippen LogP contribution in [-0.4, -0.2) is 32.5 Å². The quantitative estimate of drug-likeness (QED) is 0.301. The summed E-state index contributed by atoms with van der Waals surface area (Å²) in [6, 6.07) is 3.92. The molecule has 0 N–H and O–H groups in total. The van der Waals surface area contributed by atoms with E-state index in [1.807, 2.05) is 22.1 Å². The fourth-order valence-electron chi connectivity index (χ4n) is 4.26. The van der Waals surface area contributed by atoms with E-state index in [2.05, 4.69) is 10.2 Å². The van der Waals surface area contributed by atoms with E-state index in [4.69, 9.17) is 14.1 Å². The summed E-state index contributed by atoms with van der Waals surface area (Å²) in [5.74, 6) is 1.52. The van der Waals surface area contributed by atoms with Crippen LogP contribution in [0.4, 0.5) is 0 Å². The maximum atomic E-state index is 13.5. The first kappa shape index (κ1) is 19.7. The third-order valence-electron chi connectivity index (χ3n) is 5.72. The molecule has 31 heavy (non-hydrogen) atoms. The van der Waals surface area contributed by atoms with Gasteiger partial charge in [0.15, 0.2) is 5.16 Å². The van der Waals surface area contributed by atoms with Crippen molar-refractivity contribution >= 4 is 44.7 Å². The minimum atomic E-state index is 0.0622. The van der Waals surface area contributed by atoms with Gasteiger partial charge in [-0.25, -0.2) is 4.98 Å². The Kier molecular flexibility index (Phi) is 5.17. The van der Waals surface area contributed by atoms with E-state index in [1.165, 1.54) is 22.2 Å². The van der Waals surface area contributed by atoms with E-state index >= 15 is 0 Å². The summed E-state index contributed by atoms with van der Waals surface area (Å²) in [6.07, 6.45) is 5.24. The van der Waals surface area contributed by atoms with E-state index in [-0.39, 0.29) is 11.7 Å². The lowest BCUT2D eigenvalue weighted by atomic mass is 10.2. The molecule has 1 atom stereocenters. The molecule has 0 aromatic carbocycles. The number of hydrogen-bond donors (Lipinski definition) is 0. The number of ether oxygens (including phenoxy) is 1. The summed E-state index contributed by atoms with van der Waals surface area (Å²) in [4.78, 5) is 21.6. The average Bonchev–Trinajstić information content (AvgIpc) is 3.57. The molecule has 0 unspecified atom stereocenters. The Bertz CT molecular complexity index is 1290. The van der Waals surface area contributed by atoms with Crippen LogP contribution >= 0.6 is 34.4 Å². The molecule has 7 nitrogen and oxygen atoms in total. The molecule has 2 aliphatic rings. The van der Waals surface area contributed by atoms with Gasteiger partial charge in [-0.2, -0.15) is 0 Å². The van der Waals surface area contributed by atoms with Gasteiger partial charge in [-0.05, 0) is 49.1 Å². The molecule has 5 heterocycles. The summed E-state index contributed by atoms with van der Waals surface area (Å²) in [6.45, 7) is 1.30. The predicted octanol–water partition coefficient (Wildman–Crippen LogP) is 4.53. The van der Waals surface area contributed by atoms with Crippen LogP contribution in [0.3, 0.4) is 0 Å². The topological polar surface area (TPSA) is 83.0 Å². The standard InChI is InChI=1S/C21H20N4O3S3/c26-20-17-13-5-1-6-14(13)31-19(17)22-21(25(20)10-12-4-2-8-27-12)30-11-16-23-24-18(28-16)15-7-3-9-29-15/h3,7,9,12H,1-2,4-6,8,10-11H2/t12-/m1/s1. The van der Waals surface area contributed by atoms with Gasteiger partial charge < -0.3 is 9.15 Å². The highest BCUT2D eigenvalue weighted by molar-refractivity contribution is 7.98. The van der Waals surface area contributed by atoms with Gasteiger partial charge in [-0.1, -0.05) is 17.8 Å². The van der Waals surface area contributed by atoms with Gasteiger partial charge in [0.1, 0.15) is 4.83 Å². The molecule has 1 aliphatic heterocycles. The number of hydrogen-bond acceptors (Lipinski definition) is 9. The van der Waals surface area contributed by atoms with Crippen LogP contribution < -0.4 is 5.56 Å². The third-order valence-corrected chi connectivity index (χ3v) is 8.73. The molecular weight excluding hydrogens is 452 g/mol. The van der Waals surface area contributed by atoms with Crippen molar-refractivity contribution in [3.05, 3.63) is 44.2 Å². The molecule has 6 rings (SSSR count). The Hall–Kier alpha value is -2.01. The Labute approximate surface area is 190 Å². The van der Waals surface area contributed by atoms with Crippen LogP contribution in [0.1, 0.15) is 35.6 Å². The third kappa shape index (κ3) is 3.65. The maximum absolute atomic E-state index is 13.5. The maximum Gasteiger partial charge on any atom is 0.263 e. The van der Waals surface area contributed by atoms with E-state index in [0.717, 1.165) is 53.8 Å². The van der Waals surface area contributed by atoms with Crippen LogP contribution in [0, 0.1) is 0 Å². The molecule has 0 saturated carbocycles. The van der Waals surface area contributed by atoms with Gasteiger partial charge in [0.2, 0.25) is 5.89 Å². The van der Waals surface area contributed by atoms with E-state index < -0.39 is 0 Å². The molecule has 1 fully saturated rings. The lowest BCUT2D eigenvalue weighted by molar-refractivity contribution is 0.0937. The number of thioether (sulfide) groups is 1. The van der Waals surface area contributed by atoms with Crippen molar-refractivity contribution in [3.8, 4) is 10.8 Å². The lowest BCUT2D eigenvalue weighted by Gasteiger charge is -2.15. The average molecular weight is 473 g/mol. The number of thiophene rings is 2. The molecule has 4 aromatic rings. The molecular formula is C21H20N4O3S3. The summed E-state index contributed by atoms with van der Waals surface area (Å²) in [7, 11) is 0. The number of rotatable bonds is 6. The fraction of sp³-hybridized carbons (Fsp3) is 0.429. The van der Waals surface area contributed by atoms with E-state index in [1.54, 1.807) is 22.7 Å². The second-order valence-corrected chi connectivity index (χ2v) is 10.7. The van der Waals surface area contributed by atoms with Crippen molar-refractivity contribution in [3.63, 3.8) is 0 Å². The van der Waals surface area contributed by atoms with Crippen molar-refractivity contribution in [2.24, 2.45) is 0 Å². The summed E-state index contributed by atoms with van der Waals surface area (Å²) >= 11 is 4.71. The molecule has 0 radical (unpaired) electrons. The first-order valence-electron chi connectivity index (χ1n) is 10.4. The minimum absolute atomic E-state index is 0.0622. The van der Waals surface area contributed by atoms with Gasteiger partial charge in [0.25, 0.3) is 11.4 Å². The number of nitrogens with zero attached hydrogens (tertiary/aromatic N) is 4. The van der Waals surface area contributed by atoms with E-state index in [9.17, 15) is 4.79 Å². The molecule has 160 valence electrons. The molecule has 1 saturated heterocycles. The zero-order valence-electron chi connectivity index (χ0n) is 16.7. The fourth-order valence-corrected chi connectivity index (χ4v) is 7.05. The Morgan fingerprint density at radius 1 is 1.26 bits per heavy atom.